The van der Waals surface area contributed by atoms with E-state index in [1.54, 1.807) is 17.0 Å². The molecule has 0 aliphatic carbocycles. The fourth-order valence-corrected chi connectivity index (χ4v) is 4.98. The van der Waals surface area contributed by atoms with E-state index < -0.39 is 16.1 Å². The van der Waals surface area contributed by atoms with Crippen LogP contribution in [0, 0.1) is 0 Å². The molecule has 1 unspecified atom stereocenters. The topological polar surface area (TPSA) is 66.9 Å². The van der Waals surface area contributed by atoms with Crippen molar-refractivity contribution in [2.24, 2.45) is 0 Å². The normalized spacial score (nSPS) is 23.2. The molecular weight excluding hydrogens is 340 g/mol. The van der Waals surface area contributed by atoms with Crippen LogP contribution in [0.4, 0.5) is 0 Å². The zero-order valence-corrected chi connectivity index (χ0v) is 14.2. The number of morpholine rings is 1. The summed E-state index contributed by atoms with van der Waals surface area (Å²) in [5, 5.41) is 0.362. The van der Waals surface area contributed by atoms with Crippen molar-refractivity contribution in [1.29, 1.82) is 0 Å². The van der Waals surface area contributed by atoms with Crippen molar-refractivity contribution in [3.63, 3.8) is 0 Å². The Balaban J connectivity index is 1.84. The van der Waals surface area contributed by atoms with Crippen molar-refractivity contribution in [1.82, 2.24) is 9.21 Å². The largest absolute Gasteiger partial charge is 0.378 e. The Morgan fingerprint density at radius 2 is 1.96 bits per heavy atom. The second kappa shape index (κ2) is 6.76. The maximum atomic E-state index is 12.9. The van der Waals surface area contributed by atoms with Crippen LogP contribution in [0.2, 0.25) is 5.02 Å². The van der Waals surface area contributed by atoms with Crippen LogP contribution in [0.5, 0.6) is 0 Å². The second-order valence-corrected chi connectivity index (χ2v) is 8.00. The van der Waals surface area contributed by atoms with Crippen molar-refractivity contribution in [3.05, 3.63) is 29.3 Å². The van der Waals surface area contributed by atoms with Gasteiger partial charge in [0.1, 0.15) is 6.04 Å². The number of ether oxygens (including phenoxy) is 1. The first-order chi connectivity index (χ1) is 11.0. The highest BCUT2D eigenvalue weighted by Gasteiger charge is 2.41. The van der Waals surface area contributed by atoms with Gasteiger partial charge in [-0.05, 0) is 31.0 Å². The van der Waals surface area contributed by atoms with Crippen LogP contribution in [-0.2, 0) is 19.6 Å². The summed E-state index contributed by atoms with van der Waals surface area (Å²) in [6, 6.07) is 5.53. The molecule has 126 valence electrons. The molecule has 6 nitrogen and oxygen atoms in total. The first-order valence-electron chi connectivity index (χ1n) is 7.64. The van der Waals surface area contributed by atoms with Crippen LogP contribution >= 0.6 is 11.6 Å². The van der Waals surface area contributed by atoms with Crippen LogP contribution in [0.25, 0.3) is 0 Å². The first-order valence-corrected chi connectivity index (χ1v) is 9.46. The molecule has 8 heteroatoms. The number of hydrogen-bond acceptors (Lipinski definition) is 4. The molecule has 0 spiro atoms. The predicted octanol–water partition coefficient (Wildman–Crippen LogP) is 1.35. The lowest BCUT2D eigenvalue weighted by Crippen LogP contribution is -2.50. The summed E-state index contributed by atoms with van der Waals surface area (Å²) in [7, 11) is -3.72. The van der Waals surface area contributed by atoms with E-state index in [1.165, 1.54) is 16.4 Å². The molecular formula is C15H19ClN2O4S. The molecule has 2 heterocycles. The smallest absolute Gasteiger partial charge is 0.243 e. The summed E-state index contributed by atoms with van der Waals surface area (Å²) in [5.74, 6) is -0.128. The van der Waals surface area contributed by atoms with Gasteiger partial charge in [0.15, 0.2) is 0 Å². The first kappa shape index (κ1) is 16.7. The van der Waals surface area contributed by atoms with Crippen LogP contribution in [-0.4, -0.2) is 62.4 Å². The number of hydrogen-bond donors (Lipinski definition) is 0. The van der Waals surface area contributed by atoms with Crippen molar-refractivity contribution < 1.29 is 17.9 Å². The second-order valence-electron chi connectivity index (χ2n) is 5.67. The molecule has 1 aromatic carbocycles. The number of amides is 1. The van der Waals surface area contributed by atoms with Crippen molar-refractivity contribution in [3.8, 4) is 0 Å². The van der Waals surface area contributed by atoms with Crippen molar-refractivity contribution >= 4 is 27.5 Å². The molecule has 1 atom stereocenters. The van der Waals surface area contributed by atoms with Gasteiger partial charge in [-0.3, -0.25) is 4.79 Å². The fourth-order valence-electron chi connectivity index (χ4n) is 3.03. The minimum atomic E-state index is -3.72. The summed E-state index contributed by atoms with van der Waals surface area (Å²) >= 11 is 5.91. The van der Waals surface area contributed by atoms with E-state index >= 15 is 0 Å². The molecule has 0 saturated carbocycles. The van der Waals surface area contributed by atoms with E-state index in [9.17, 15) is 13.2 Å². The number of sulfonamides is 1. The lowest BCUT2D eigenvalue weighted by molar-refractivity contribution is -0.138. The molecule has 3 rings (SSSR count). The Labute approximate surface area is 141 Å². The molecule has 0 radical (unpaired) electrons. The molecule has 1 amide bonds. The molecule has 0 aromatic heterocycles. The molecule has 0 N–H and O–H groups in total. The van der Waals surface area contributed by atoms with Crippen LogP contribution in [0.3, 0.4) is 0 Å². The average Bonchev–Trinajstić information content (AvgIpc) is 3.05. The number of carbonyl (C=O) groups excluding carboxylic acids is 1. The quantitative estimate of drug-likeness (QED) is 0.818. The maximum absolute atomic E-state index is 12.9. The van der Waals surface area contributed by atoms with E-state index in [2.05, 4.69) is 0 Å². The molecule has 2 aliphatic rings. The van der Waals surface area contributed by atoms with Crippen LogP contribution < -0.4 is 0 Å². The Morgan fingerprint density at radius 3 is 2.65 bits per heavy atom. The van der Waals surface area contributed by atoms with E-state index in [-0.39, 0.29) is 10.8 Å². The number of carbonyl (C=O) groups is 1. The maximum Gasteiger partial charge on any atom is 0.243 e. The van der Waals surface area contributed by atoms with Gasteiger partial charge in [-0.25, -0.2) is 8.42 Å². The van der Waals surface area contributed by atoms with Crippen molar-refractivity contribution in [2.75, 3.05) is 32.8 Å². The Hall–Kier alpha value is -1.15. The molecule has 1 aromatic rings. The van der Waals surface area contributed by atoms with Crippen molar-refractivity contribution in [2.45, 2.75) is 23.8 Å². The third-order valence-corrected chi connectivity index (χ3v) is 6.35. The Bertz CT molecular complexity index is 688. The highest BCUT2D eigenvalue weighted by Crippen LogP contribution is 2.28. The predicted molar refractivity (Wildman–Crippen MR) is 85.8 cm³/mol. The fraction of sp³-hybridized carbons (Fsp3) is 0.533. The van der Waals surface area contributed by atoms with Crippen LogP contribution in [0.15, 0.2) is 29.2 Å². The summed E-state index contributed by atoms with van der Waals surface area (Å²) < 4.78 is 32.3. The van der Waals surface area contributed by atoms with Gasteiger partial charge < -0.3 is 9.64 Å². The molecule has 2 saturated heterocycles. The summed E-state index contributed by atoms with van der Waals surface area (Å²) in [6.45, 7) is 2.38. The highest BCUT2D eigenvalue weighted by molar-refractivity contribution is 7.89. The van der Waals surface area contributed by atoms with Gasteiger partial charge in [-0.1, -0.05) is 17.7 Å². The van der Waals surface area contributed by atoms with Crippen LogP contribution in [0.1, 0.15) is 12.8 Å². The third-order valence-electron chi connectivity index (χ3n) is 4.21. The minimum Gasteiger partial charge on any atom is -0.378 e. The third kappa shape index (κ3) is 3.38. The van der Waals surface area contributed by atoms with E-state index in [1.807, 2.05) is 0 Å². The van der Waals surface area contributed by atoms with E-state index in [4.69, 9.17) is 16.3 Å². The Kier molecular flexibility index (Phi) is 4.91. The van der Waals surface area contributed by atoms with Gasteiger partial charge in [0.2, 0.25) is 15.9 Å². The zero-order chi connectivity index (χ0) is 16.4. The summed E-state index contributed by atoms with van der Waals surface area (Å²) in [6.07, 6.45) is 1.23. The molecule has 2 aliphatic heterocycles. The van der Waals surface area contributed by atoms with Gasteiger partial charge >= 0.3 is 0 Å². The Morgan fingerprint density at radius 1 is 1.22 bits per heavy atom. The van der Waals surface area contributed by atoms with E-state index in [0.29, 0.717) is 50.7 Å². The van der Waals surface area contributed by atoms with Gasteiger partial charge in [-0.15, -0.1) is 0 Å². The molecule has 23 heavy (non-hydrogen) atoms. The summed E-state index contributed by atoms with van der Waals surface area (Å²) in [4.78, 5) is 14.5. The van der Waals surface area contributed by atoms with Gasteiger partial charge in [0.25, 0.3) is 0 Å². The van der Waals surface area contributed by atoms with Gasteiger partial charge in [0, 0.05) is 24.7 Å². The number of benzene rings is 1. The monoisotopic (exact) mass is 358 g/mol. The summed E-state index contributed by atoms with van der Waals surface area (Å²) in [5.41, 5.74) is 0. The lowest BCUT2D eigenvalue weighted by atomic mass is 10.2. The number of rotatable bonds is 3. The van der Waals surface area contributed by atoms with Gasteiger partial charge in [-0.2, -0.15) is 4.31 Å². The number of halogens is 1. The molecule has 2 fully saturated rings. The SMILES string of the molecule is O=C(C1CCCN1S(=O)(=O)c1cccc(Cl)c1)N1CCOCC1. The zero-order valence-electron chi connectivity index (χ0n) is 12.7. The lowest BCUT2D eigenvalue weighted by Gasteiger charge is -2.32. The number of nitrogens with zero attached hydrogens (tertiary/aromatic N) is 2. The minimum absolute atomic E-state index is 0.128. The highest BCUT2D eigenvalue weighted by atomic mass is 35.5. The average molecular weight is 359 g/mol. The van der Waals surface area contributed by atoms with E-state index in [0.717, 1.165) is 0 Å². The van der Waals surface area contributed by atoms with Gasteiger partial charge in [0.05, 0.1) is 18.1 Å². The standard InChI is InChI=1S/C15H19ClN2O4S/c16-12-3-1-4-13(11-12)23(20,21)18-6-2-5-14(18)15(19)17-7-9-22-10-8-17/h1,3-4,11,14H,2,5-10H2. The molecule has 0 bridgehead atoms.